The van der Waals surface area contributed by atoms with Crippen molar-refractivity contribution in [2.45, 2.75) is 25.7 Å². The van der Waals surface area contributed by atoms with Gasteiger partial charge in [-0.1, -0.05) is 36.7 Å². The van der Waals surface area contributed by atoms with Crippen LogP contribution in [0.5, 0.6) is 0 Å². The maximum Gasteiger partial charge on any atom is 0.185 e. The third-order valence-corrected chi connectivity index (χ3v) is 3.07. The number of nitrogens with zero attached hydrogens (tertiary/aromatic N) is 1. The standard InChI is InChI=1S/C13H18ClN3O/c1-9(10-5-2-3-6-11(10)14)12(18)7-4-8-17-13(15)16/h2-3,5-6,9H,4,7-8H2,1H3,(H4,15,16,17). The molecule has 1 aromatic rings. The van der Waals surface area contributed by atoms with E-state index in [4.69, 9.17) is 23.1 Å². The highest BCUT2D eigenvalue weighted by molar-refractivity contribution is 6.31. The number of aliphatic imine (C=N–C) groups is 1. The second-order valence-electron chi connectivity index (χ2n) is 4.12. The van der Waals surface area contributed by atoms with Crippen molar-refractivity contribution in [3.05, 3.63) is 34.9 Å². The van der Waals surface area contributed by atoms with Crippen molar-refractivity contribution in [1.82, 2.24) is 0 Å². The van der Waals surface area contributed by atoms with E-state index >= 15 is 0 Å². The zero-order valence-electron chi connectivity index (χ0n) is 10.4. The number of carbonyl (C=O) groups excluding carboxylic acids is 1. The number of hydrogen-bond donors (Lipinski definition) is 2. The van der Waals surface area contributed by atoms with E-state index in [1.807, 2.05) is 25.1 Å². The van der Waals surface area contributed by atoms with Gasteiger partial charge in [0.25, 0.3) is 0 Å². The van der Waals surface area contributed by atoms with Crippen LogP contribution in [0.1, 0.15) is 31.2 Å². The average Bonchev–Trinajstić information content (AvgIpc) is 2.34. The van der Waals surface area contributed by atoms with Gasteiger partial charge in [0.2, 0.25) is 0 Å². The Bertz CT molecular complexity index is 442. The van der Waals surface area contributed by atoms with Crippen LogP contribution in [-0.2, 0) is 4.79 Å². The van der Waals surface area contributed by atoms with Gasteiger partial charge in [0.1, 0.15) is 5.78 Å². The normalized spacial score (nSPS) is 11.9. The monoisotopic (exact) mass is 267 g/mol. The zero-order valence-corrected chi connectivity index (χ0v) is 11.2. The molecular formula is C13H18ClN3O. The molecule has 0 spiro atoms. The first-order valence-corrected chi connectivity index (χ1v) is 6.22. The van der Waals surface area contributed by atoms with E-state index in [1.165, 1.54) is 0 Å². The molecule has 4 N–H and O–H groups in total. The van der Waals surface area contributed by atoms with Crippen LogP contribution in [0.25, 0.3) is 0 Å². The molecular weight excluding hydrogens is 250 g/mol. The third-order valence-electron chi connectivity index (χ3n) is 2.73. The number of Topliss-reactive ketones (excluding diaryl/α,β-unsaturated/α-hetero) is 1. The predicted octanol–water partition coefficient (Wildman–Crippen LogP) is 2.07. The van der Waals surface area contributed by atoms with Crippen LogP contribution in [-0.4, -0.2) is 18.3 Å². The molecule has 5 heteroatoms. The van der Waals surface area contributed by atoms with Gasteiger partial charge in [-0.15, -0.1) is 0 Å². The van der Waals surface area contributed by atoms with Crippen molar-refractivity contribution < 1.29 is 4.79 Å². The number of rotatable bonds is 6. The average molecular weight is 268 g/mol. The molecule has 18 heavy (non-hydrogen) atoms. The van der Waals surface area contributed by atoms with Crippen LogP contribution in [0.2, 0.25) is 5.02 Å². The maximum absolute atomic E-state index is 12.0. The summed E-state index contributed by atoms with van der Waals surface area (Å²) in [5.41, 5.74) is 11.3. The van der Waals surface area contributed by atoms with Crippen LogP contribution in [0.15, 0.2) is 29.3 Å². The molecule has 0 aromatic heterocycles. The number of halogens is 1. The minimum absolute atomic E-state index is 0.0570. The Balaban J connectivity index is 2.52. The van der Waals surface area contributed by atoms with Gasteiger partial charge in [-0.2, -0.15) is 0 Å². The topological polar surface area (TPSA) is 81.5 Å². The van der Waals surface area contributed by atoms with Crippen LogP contribution in [0.3, 0.4) is 0 Å². The fourth-order valence-corrected chi connectivity index (χ4v) is 1.98. The van der Waals surface area contributed by atoms with Crippen molar-refractivity contribution in [3.8, 4) is 0 Å². The Morgan fingerprint density at radius 2 is 2.06 bits per heavy atom. The largest absolute Gasteiger partial charge is 0.370 e. The summed E-state index contributed by atoms with van der Waals surface area (Å²) in [5, 5.41) is 0.627. The quantitative estimate of drug-likeness (QED) is 0.470. The van der Waals surface area contributed by atoms with Gasteiger partial charge in [0, 0.05) is 23.9 Å². The summed E-state index contributed by atoms with van der Waals surface area (Å²) in [5.74, 6) is 0.00778. The fourth-order valence-electron chi connectivity index (χ4n) is 1.68. The first-order valence-electron chi connectivity index (χ1n) is 5.85. The summed E-state index contributed by atoms with van der Waals surface area (Å²) < 4.78 is 0. The molecule has 0 bridgehead atoms. The van der Waals surface area contributed by atoms with Crippen LogP contribution in [0, 0.1) is 0 Å². The van der Waals surface area contributed by atoms with Gasteiger partial charge in [-0.25, -0.2) is 0 Å². The Kier molecular flexibility index (Phi) is 5.65. The van der Waals surface area contributed by atoms with Crippen LogP contribution < -0.4 is 11.5 Å². The summed E-state index contributed by atoms with van der Waals surface area (Å²) >= 11 is 6.06. The Labute approximate surface area is 112 Å². The molecule has 0 aliphatic heterocycles. The summed E-state index contributed by atoms with van der Waals surface area (Å²) in [4.78, 5) is 15.8. The first kappa shape index (κ1) is 14.5. The second kappa shape index (κ2) is 7.01. The summed E-state index contributed by atoms with van der Waals surface area (Å²) in [6.45, 7) is 2.34. The van der Waals surface area contributed by atoms with Gasteiger partial charge in [0.05, 0.1) is 0 Å². The molecule has 4 nitrogen and oxygen atoms in total. The highest BCUT2D eigenvalue weighted by Crippen LogP contribution is 2.25. The molecule has 0 fully saturated rings. The van der Waals surface area contributed by atoms with Crippen molar-refractivity contribution >= 4 is 23.3 Å². The maximum atomic E-state index is 12.0. The molecule has 0 heterocycles. The molecule has 0 saturated carbocycles. The van der Waals surface area contributed by atoms with E-state index < -0.39 is 0 Å². The van der Waals surface area contributed by atoms with Crippen molar-refractivity contribution in [3.63, 3.8) is 0 Å². The van der Waals surface area contributed by atoms with E-state index in [9.17, 15) is 4.79 Å². The summed E-state index contributed by atoms with van der Waals surface area (Å²) in [7, 11) is 0. The number of guanidine groups is 1. The van der Waals surface area contributed by atoms with Crippen molar-refractivity contribution in [1.29, 1.82) is 0 Å². The van der Waals surface area contributed by atoms with Crippen LogP contribution >= 0.6 is 11.6 Å². The predicted molar refractivity (Wildman–Crippen MR) is 74.8 cm³/mol. The molecule has 98 valence electrons. The summed E-state index contributed by atoms with van der Waals surface area (Å²) in [6.07, 6.45) is 1.09. The van der Waals surface area contributed by atoms with E-state index in [0.29, 0.717) is 24.4 Å². The third kappa shape index (κ3) is 4.37. The molecule has 0 aliphatic carbocycles. The number of ketones is 1. The van der Waals surface area contributed by atoms with Gasteiger partial charge in [-0.05, 0) is 18.1 Å². The Morgan fingerprint density at radius 1 is 1.39 bits per heavy atom. The summed E-state index contributed by atoms with van der Waals surface area (Å²) in [6, 6.07) is 7.40. The molecule has 1 aromatic carbocycles. The van der Waals surface area contributed by atoms with Crippen molar-refractivity contribution in [2.24, 2.45) is 16.5 Å². The van der Waals surface area contributed by atoms with E-state index in [2.05, 4.69) is 4.99 Å². The molecule has 0 amide bonds. The van der Waals surface area contributed by atoms with E-state index in [0.717, 1.165) is 5.56 Å². The minimum Gasteiger partial charge on any atom is -0.370 e. The minimum atomic E-state index is -0.196. The number of carbonyl (C=O) groups is 1. The van der Waals surface area contributed by atoms with E-state index in [1.54, 1.807) is 6.07 Å². The van der Waals surface area contributed by atoms with E-state index in [-0.39, 0.29) is 17.7 Å². The highest BCUT2D eigenvalue weighted by atomic mass is 35.5. The van der Waals surface area contributed by atoms with Crippen molar-refractivity contribution in [2.75, 3.05) is 6.54 Å². The lowest BCUT2D eigenvalue weighted by Crippen LogP contribution is -2.23. The van der Waals surface area contributed by atoms with Gasteiger partial charge in [0.15, 0.2) is 5.96 Å². The number of benzene rings is 1. The first-order chi connectivity index (χ1) is 8.52. The molecule has 0 aliphatic rings. The Morgan fingerprint density at radius 3 is 2.67 bits per heavy atom. The number of hydrogen-bond acceptors (Lipinski definition) is 2. The zero-order chi connectivity index (χ0) is 13.5. The molecule has 1 unspecified atom stereocenters. The van der Waals surface area contributed by atoms with Gasteiger partial charge >= 0.3 is 0 Å². The lowest BCUT2D eigenvalue weighted by atomic mass is 9.94. The van der Waals surface area contributed by atoms with Gasteiger partial charge < -0.3 is 11.5 Å². The Hall–Kier alpha value is -1.55. The molecule has 1 atom stereocenters. The lowest BCUT2D eigenvalue weighted by Gasteiger charge is -2.12. The van der Waals surface area contributed by atoms with Gasteiger partial charge in [-0.3, -0.25) is 9.79 Å². The smallest absolute Gasteiger partial charge is 0.185 e. The lowest BCUT2D eigenvalue weighted by molar-refractivity contribution is -0.120. The molecule has 0 saturated heterocycles. The molecule has 0 radical (unpaired) electrons. The number of nitrogens with two attached hydrogens (primary N) is 2. The second-order valence-corrected chi connectivity index (χ2v) is 4.53. The fraction of sp³-hybridized carbons (Fsp3) is 0.385. The SMILES string of the molecule is CC(C(=O)CCCN=C(N)N)c1ccccc1Cl. The highest BCUT2D eigenvalue weighted by Gasteiger charge is 2.16. The van der Waals surface area contributed by atoms with Crippen LogP contribution in [0.4, 0.5) is 0 Å². The molecule has 1 rings (SSSR count).